The molecule has 0 amide bonds. The molecule has 3 aromatic heterocycles. The fourth-order valence-electron chi connectivity index (χ4n) is 3.13. The van der Waals surface area contributed by atoms with Crippen LogP contribution in [0, 0.1) is 6.92 Å². The van der Waals surface area contributed by atoms with Crippen molar-refractivity contribution in [2.45, 2.75) is 26.4 Å². The molecule has 3 heterocycles. The van der Waals surface area contributed by atoms with Gasteiger partial charge in [-0.1, -0.05) is 6.07 Å². The molecule has 0 fully saturated rings. The number of aromatic nitrogens is 1. The lowest BCUT2D eigenvalue weighted by Gasteiger charge is -2.08. The van der Waals surface area contributed by atoms with E-state index in [2.05, 4.69) is 4.98 Å². The van der Waals surface area contributed by atoms with Crippen molar-refractivity contribution in [2.75, 3.05) is 7.11 Å². The van der Waals surface area contributed by atoms with E-state index in [0.29, 0.717) is 28.5 Å². The van der Waals surface area contributed by atoms with E-state index in [-0.39, 0.29) is 19.4 Å². The van der Waals surface area contributed by atoms with Crippen LogP contribution in [0.1, 0.15) is 23.2 Å². The quantitative estimate of drug-likeness (QED) is 0.318. The van der Waals surface area contributed by atoms with Crippen LogP contribution < -0.4 is 10.4 Å². The standard InChI is InChI=1S/C22H19NO6S/c1-13-16-6-5-15(26-2)10-18(16)29-22(25)17(13)7-8-20(24)27-11-14-12-28-21(23-14)19-4-3-9-30-19/h3-6,9-10,12H,7-8,11H2,1-2H3. The van der Waals surface area contributed by atoms with E-state index < -0.39 is 11.6 Å². The molecule has 30 heavy (non-hydrogen) atoms. The first-order chi connectivity index (χ1) is 14.5. The van der Waals surface area contributed by atoms with E-state index in [0.717, 1.165) is 15.8 Å². The van der Waals surface area contributed by atoms with Crippen LogP contribution in [0.3, 0.4) is 0 Å². The number of esters is 1. The summed E-state index contributed by atoms with van der Waals surface area (Å²) in [4.78, 5) is 29.8. The molecule has 0 N–H and O–H groups in total. The zero-order valence-electron chi connectivity index (χ0n) is 16.5. The zero-order valence-corrected chi connectivity index (χ0v) is 17.3. The maximum Gasteiger partial charge on any atom is 0.339 e. The van der Waals surface area contributed by atoms with Crippen LogP contribution in [0.15, 0.2) is 55.6 Å². The van der Waals surface area contributed by atoms with Crippen molar-refractivity contribution in [3.8, 4) is 16.5 Å². The predicted octanol–water partition coefficient (Wildman–Crippen LogP) is 4.50. The van der Waals surface area contributed by atoms with E-state index in [1.807, 2.05) is 30.5 Å². The van der Waals surface area contributed by atoms with Gasteiger partial charge in [-0.3, -0.25) is 4.79 Å². The van der Waals surface area contributed by atoms with Crippen molar-refractivity contribution < 1.29 is 23.1 Å². The second-order valence-electron chi connectivity index (χ2n) is 6.64. The molecular weight excluding hydrogens is 406 g/mol. The van der Waals surface area contributed by atoms with Crippen LogP contribution in [-0.2, 0) is 22.6 Å². The number of ether oxygens (including phenoxy) is 2. The van der Waals surface area contributed by atoms with Gasteiger partial charge in [0.15, 0.2) is 0 Å². The Kier molecular flexibility index (Phi) is 5.67. The number of rotatable bonds is 7. The Morgan fingerprint density at radius 2 is 2.13 bits per heavy atom. The number of benzene rings is 1. The number of nitrogens with zero attached hydrogens (tertiary/aromatic N) is 1. The predicted molar refractivity (Wildman–Crippen MR) is 112 cm³/mol. The summed E-state index contributed by atoms with van der Waals surface area (Å²) in [6.07, 6.45) is 1.76. The fourth-order valence-corrected chi connectivity index (χ4v) is 3.79. The van der Waals surface area contributed by atoms with Crippen LogP contribution in [-0.4, -0.2) is 18.1 Å². The molecule has 4 rings (SSSR count). The van der Waals surface area contributed by atoms with Gasteiger partial charge >= 0.3 is 11.6 Å². The van der Waals surface area contributed by atoms with Gasteiger partial charge in [0.2, 0.25) is 5.89 Å². The summed E-state index contributed by atoms with van der Waals surface area (Å²) in [6, 6.07) is 9.12. The normalized spacial score (nSPS) is 11.0. The SMILES string of the molecule is COc1ccc2c(C)c(CCC(=O)OCc3coc(-c4cccs4)n3)c(=O)oc2c1. The van der Waals surface area contributed by atoms with Gasteiger partial charge in [-0.15, -0.1) is 11.3 Å². The Labute approximate surface area is 175 Å². The zero-order chi connectivity index (χ0) is 21.1. The molecule has 154 valence electrons. The Morgan fingerprint density at radius 1 is 1.27 bits per heavy atom. The Bertz CT molecular complexity index is 1240. The van der Waals surface area contributed by atoms with Crippen LogP contribution in [0.2, 0.25) is 0 Å². The highest BCUT2D eigenvalue weighted by Gasteiger charge is 2.15. The van der Waals surface area contributed by atoms with E-state index in [4.69, 9.17) is 18.3 Å². The number of aryl methyl sites for hydroxylation is 1. The van der Waals surface area contributed by atoms with Gasteiger partial charge in [-0.05, 0) is 42.5 Å². The topological polar surface area (TPSA) is 91.8 Å². The Hall–Kier alpha value is -3.39. The molecule has 0 aliphatic heterocycles. The lowest BCUT2D eigenvalue weighted by Crippen LogP contribution is -2.14. The Balaban J connectivity index is 1.39. The molecule has 0 aliphatic rings. The van der Waals surface area contributed by atoms with Gasteiger partial charge in [0.1, 0.15) is 29.9 Å². The van der Waals surface area contributed by atoms with Gasteiger partial charge in [-0.2, -0.15) is 0 Å². The molecule has 0 aliphatic carbocycles. The Morgan fingerprint density at radius 3 is 2.90 bits per heavy atom. The van der Waals surface area contributed by atoms with Crippen molar-refractivity contribution in [3.63, 3.8) is 0 Å². The number of methoxy groups -OCH3 is 1. The minimum absolute atomic E-state index is 0.0127. The maximum atomic E-state index is 12.4. The molecule has 0 radical (unpaired) electrons. The third-order valence-corrected chi connectivity index (χ3v) is 5.60. The molecule has 4 aromatic rings. The third-order valence-electron chi connectivity index (χ3n) is 4.74. The number of hydrogen-bond donors (Lipinski definition) is 0. The maximum absolute atomic E-state index is 12.4. The monoisotopic (exact) mass is 425 g/mol. The summed E-state index contributed by atoms with van der Waals surface area (Å²) in [5.74, 6) is 0.679. The van der Waals surface area contributed by atoms with Crippen molar-refractivity contribution in [2.24, 2.45) is 0 Å². The molecule has 0 atom stereocenters. The summed E-state index contributed by atoms with van der Waals surface area (Å²) >= 11 is 1.52. The van der Waals surface area contributed by atoms with Crippen molar-refractivity contribution in [1.82, 2.24) is 4.98 Å². The molecule has 7 nitrogen and oxygen atoms in total. The average Bonchev–Trinajstić information content (AvgIpc) is 3.43. The number of carbonyl (C=O) groups is 1. The average molecular weight is 425 g/mol. The lowest BCUT2D eigenvalue weighted by molar-refractivity contribution is -0.145. The van der Waals surface area contributed by atoms with Gasteiger partial charge in [0.25, 0.3) is 0 Å². The van der Waals surface area contributed by atoms with E-state index in [1.165, 1.54) is 17.6 Å². The van der Waals surface area contributed by atoms with Gasteiger partial charge < -0.3 is 18.3 Å². The molecule has 0 saturated carbocycles. The molecule has 8 heteroatoms. The number of thiophene rings is 1. The van der Waals surface area contributed by atoms with Crippen LogP contribution in [0.4, 0.5) is 0 Å². The van der Waals surface area contributed by atoms with E-state index in [9.17, 15) is 9.59 Å². The number of oxazole rings is 1. The molecule has 0 unspecified atom stereocenters. The molecule has 0 saturated heterocycles. The largest absolute Gasteiger partial charge is 0.497 e. The van der Waals surface area contributed by atoms with Gasteiger partial charge in [0, 0.05) is 23.4 Å². The first kappa shape index (κ1) is 19.9. The van der Waals surface area contributed by atoms with E-state index >= 15 is 0 Å². The van der Waals surface area contributed by atoms with Crippen LogP contribution in [0.25, 0.3) is 21.7 Å². The second kappa shape index (κ2) is 8.54. The minimum Gasteiger partial charge on any atom is -0.497 e. The summed E-state index contributed by atoms with van der Waals surface area (Å²) in [5, 5.41) is 2.74. The van der Waals surface area contributed by atoms with E-state index in [1.54, 1.807) is 19.2 Å². The summed E-state index contributed by atoms with van der Waals surface area (Å²) in [6.45, 7) is 1.85. The summed E-state index contributed by atoms with van der Waals surface area (Å²) in [7, 11) is 1.55. The smallest absolute Gasteiger partial charge is 0.339 e. The first-order valence-corrected chi connectivity index (χ1v) is 10.2. The van der Waals surface area contributed by atoms with Crippen molar-refractivity contribution >= 4 is 28.3 Å². The molecule has 1 aromatic carbocycles. The lowest BCUT2D eigenvalue weighted by atomic mass is 10.0. The third kappa shape index (κ3) is 4.13. The van der Waals surface area contributed by atoms with Crippen molar-refractivity contribution in [3.05, 3.63) is 69.2 Å². The highest BCUT2D eigenvalue weighted by Crippen LogP contribution is 2.25. The number of hydrogen-bond acceptors (Lipinski definition) is 8. The second-order valence-corrected chi connectivity index (χ2v) is 7.58. The number of carbonyl (C=O) groups excluding carboxylic acids is 1. The summed E-state index contributed by atoms with van der Waals surface area (Å²) in [5.41, 5.74) is 1.77. The molecule has 0 bridgehead atoms. The summed E-state index contributed by atoms with van der Waals surface area (Å²) < 4.78 is 21.2. The highest BCUT2D eigenvalue weighted by atomic mass is 32.1. The molecule has 0 spiro atoms. The van der Waals surface area contributed by atoms with Gasteiger partial charge in [0.05, 0.1) is 12.0 Å². The first-order valence-electron chi connectivity index (χ1n) is 9.29. The van der Waals surface area contributed by atoms with Crippen LogP contribution in [0.5, 0.6) is 5.75 Å². The highest BCUT2D eigenvalue weighted by molar-refractivity contribution is 7.13. The number of fused-ring (bicyclic) bond motifs is 1. The van der Waals surface area contributed by atoms with Gasteiger partial charge in [-0.25, -0.2) is 9.78 Å². The van der Waals surface area contributed by atoms with Crippen molar-refractivity contribution in [1.29, 1.82) is 0 Å². The molecular formula is C22H19NO6S. The van der Waals surface area contributed by atoms with Crippen LogP contribution >= 0.6 is 11.3 Å². The minimum atomic E-state index is -0.460. The fraction of sp³-hybridized carbons (Fsp3) is 0.227.